The Hall–Kier alpha value is -2.25. The van der Waals surface area contributed by atoms with Gasteiger partial charge in [-0.1, -0.05) is 6.07 Å². The summed E-state index contributed by atoms with van der Waals surface area (Å²) >= 11 is 0. The van der Waals surface area contributed by atoms with E-state index in [1.807, 2.05) is 12.1 Å². The Morgan fingerprint density at radius 1 is 1.00 bits per heavy atom. The predicted molar refractivity (Wildman–Crippen MR) is 97.4 cm³/mol. The lowest BCUT2D eigenvalue weighted by molar-refractivity contribution is 0.0697. The molecule has 0 atom stereocenters. The lowest BCUT2D eigenvalue weighted by Gasteiger charge is -2.34. The van der Waals surface area contributed by atoms with Gasteiger partial charge < -0.3 is 4.90 Å². The number of benzene rings is 1. The number of carbonyl (C=O) groups excluding carboxylic acids is 1. The Kier molecular flexibility index (Phi) is 4.50. The Labute approximate surface area is 153 Å². The Balaban J connectivity index is 1.46. The third-order valence-electron chi connectivity index (χ3n) is 5.14. The summed E-state index contributed by atoms with van der Waals surface area (Å²) in [5, 5.41) is 0. The molecule has 0 bridgehead atoms. The van der Waals surface area contributed by atoms with E-state index in [0.717, 1.165) is 24.8 Å². The van der Waals surface area contributed by atoms with Crippen molar-refractivity contribution in [2.24, 2.45) is 0 Å². The number of pyridine rings is 1. The summed E-state index contributed by atoms with van der Waals surface area (Å²) in [4.78, 5) is 18.5. The van der Waals surface area contributed by atoms with Crippen molar-refractivity contribution < 1.29 is 13.2 Å². The van der Waals surface area contributed by atoms with Crippen molar-refractivity contribution in [3.8, 4) is 0 Å². The minimum atomic E-state index is -3.51. The third-order valence-corrected chi connectivity index (χ3v) is 7.04. The predicted octanol–water partition coefficient (Wildman–Crippen LogP) is 1.72. The van der Waals surface area contributed by atoms with Gasteiger partial charge >= 0.3 is 0 Å². The number of piperazine rings is 1. The van der Waals surface area contributed by atoms with Crippen molar-refractivity contribution in [2.45, 2.75) is 24.2 Å². The number of nitrogens with zero attached hydrogens (tertiary/aromatic N) is 3. The van der Waals surface area contributed by atoms with Gasteiger partial charge in [-0.3, -0.25) is 9.78 Å². The molecular formula is C19H21N3O3S. The molecular weight excluding hydrogens is 350 g/mol. The van der Waals surface area contributed by atoms with Crippen LogP contribution in [-0.4, -0.2) is 54.7 Å². The van der Waals surface area contributed by atoms with Crippen molar-refractivity contribution in [3.63, 3.8) is 0 Å². The van der Waals surface area contributed by atoms with Gasteiger partial charge in [0, 0.05) is 38.6 Å². The molecule has 1 amide bonds. The molecule has 2 aromatic rings. The molecule has 4 rings (SSSR count). The summed E-state index contributed by atoms with van der Waals surface area (Å²) in [6.45, 7) is 1.40. The van der Waals surface area contributed by atoms with Crippen molar-refractivity contribution in [2.75, 3.05) is 26.2 Å². The van der Waals surface area contributed by atoms with E-state index in [9.17, 15) is 13.2 Å². The standard InChI is InChI=1S/C19H21N3O3S/c23-19(17-5-2-8-20-14-17)21-9-11-22(12-10-21)26(24,25)18-7-6-15-3-1-4-16(15)13-18/h2,5-8,13-14H,1,3-4,9-12H2. The maximum atomic E-state index is 12.9. The van der Waals surface area contributed by atoms with Crippen LogP contribution in [0.25, 0.3) is 0 Å². The van der Waals surface area contributed by atoms with Crippen LogP contribution in [0.15, 0.2) is 47.6 Å². The minimum Gasteiger partial charge on any atom is -0.336 e. The third kappa shape index (κ3) is 3.12. The molecule has 1 aromatic carbocycles. The zero-order valence-electron chi connectivity index (χ0n) is 14.5. The highest BCUT2D eigenvalue weighted by molar-refractivity contribution is 7.89. The van der Waals surface area contributed by atoms with Crippen LogP contribution in [0.5, 0.6) is 0 Å². The van der Waals surface area contributed by atoms with E-state index in [4.69, 9.17) is 0 Å². The van der Waals surface area contributed by atoms with Crippen LogP contribution in [-0.2, 0) is 22.9 Å². The molecule has 0 spiro atoms. The van der Waals surface area contributed by atoms with Crippen LogP contribution in [0.4, 0.5) is 0 Å². The number of carbonyl (C=O) groups is 1. The van der Waals surface area contributed by atoms with Crippen LogP contribution >= 0.6 is 0 Å². The lowest BCUT2D eigenvalue weighted by Crippen LogP contribution is -2.50. The highest BCUT2D eigenvalue weighted by atomic mass is 32.2. The molecule has 0 radical (unpaired) electrons. The van der Waals surface area contributed by atoms with E-state index in [1.54, 1.807) is 29.3 Å². The molecule has 1 aliphatic carbocycles. The molecule has 0 N–H and O–H groups in total. The molecule has 0 unspecified atom stereocenters. The molecule has 1 aliphatic heterocycles. The topological polar surface area (TPSA) is 70.6 Å². The van der Waals surface area contributed by atoms with Gasteiger partial charge in [0.25, 0.3) is 5.91 Å². The van der Waals surface area contributed by atoms with Gasteiger partial charge in [0.05, 0.1) is 10.5 Å². The number of aryl methyl sites for hydroxylation is 2. The van der Waals surface area contributed by atoms with Crippen molar-refractivity contribution in [1.29, 1.82) is 0 Å². The maximum absolute atomic E-state index is 12.9. The number of aromatic nitrogens is 1. The summed E-state index contributed by atoms with van der Waals surface area (Å²) < 4.78 is 27.4. The summed E-state index contributed by atoms with van der Waals surface area (Å²) in [6.07, 6.45) is 6.23. The Morgan fingerprint density at radius 3 is 2.50 bits per heavy atom. The largest absolute Gasteiger partial charge is 0.336 e. The van der Waals surface area contributed by atoms with Crippen LogP contribution in [0, 0.1) is 0 Å². The van der Waals surface area contributed by atoms with E-state index < -0.39 is 10.0 Å². The van der Waals surface area contributed by atoms with Gasteiger partial charge in [0.1, 0.15) is 0 Å². The van der Waals surface area contributed by atoms with E-state index in [2.05, 4.69) is 4.98 Å². The summed E-state index contributed by atoms with van der Waals surface area (Å²) in [6, 6.07) is 8.93. The minimum absolute atomic E-state index is 0.104. The van der Waals surface area contributed by atoms with Crippen LogP contribution < -0.4 is 0 Å². The lowest BCUT2D eigenvalue weighted by atomic mass is 10.1. The first-order valence-corrected chi connectivity index (χ1v) is 10.3. The number of hydrogen-bond donors (Lipinski definition) is 0. The number of rotatable bonds is 3. The highest BCUT2D eigenvalue weighted by Gasteiger charge is 2.31. The molecule has 2 heterocycles. The Morgan fingerprint density at radius 2 is 1.77 bits per heavy atom. The van der Waals surface area contributed by atoms with Gasteiger partial charge in [-0.25, -0.2) is 8.42 Å². The number of fused-ring (bicyclic) bond motifs is 1. The fraction of sp³-hybridized carbons (Fsp3) is 0.368. The summed E-state index contributed by atoms with van der Waals surface area (Å²) in [5.74, 6) is -0.104. The molecule has 1 aromatic heterocycles. The first kappa shape index (κ1) is 17.2. The quantitative estimate of drug-likeness (QED) is 0.824. The molecule has 136 valence electrons. The summed E-state index contributed by atoms with van der Waals surface area (Å²) in [5.41, 5.74) is 2.94. The van der Waals surface area contributed by atoms with Gasteiger partial charge in [-0.15, -0.1) is 0 Å². The van der Waals surface area contributed by atoms with Gasteiger partial charge in [0.2, 0.25) is 10.0 Å². The Bertz CT molecular complexity index is 920. The van der Waals surface area contributed by atoms with E-state index in [0.29, 0.717) is 36.6 Å². The maximum Gasteiger partial charge on any atom is 0.255 e. The van der Waals surface area contributed by atoms with Crippen molar-refractivity contribution >= 4 is 15.9 Å². The fourth-order valence-electron chi connectivity index (χ4n) is 3.66. The molecule has 6 nitrogen and oxygen atoms in total. The highest BCUT2D eigenvalue weighted by Crippen LogP contribution is 2.26. The zero-order chi connectivity index (χ0) is 18.1. The van der Waals surface area contributed by atoms with E-state index in [1.165, 1.54) is 16.1 Å². The monoisotopic (exact) mass is 371 g/mol. The first-order chi connectivity index (χ1) is 12.6. The van der Waals surface area contributed by atoms with Crippen molar-refractivity contribution in [1.82, 2.24) is 14.2 Å². The molecule has 2 aliphatic rings. The molecule has 7 heteroatoms. The van der Waals surface area contributed by atoms with Crippen molar-refractivity contribution in [3.05, 3.63) is 59.4 Å². The first-order valence-electron chi connectivity index (χ1n) is 8.87. The second kappa shape index (κ2) is 6.81. The van der Waals surface area contributed by atoms with Crippen LogP contribution in [0.3, 0.4) is 0 Å². The molecule has 0 saturated carbocycles. The molecule has 1 saturated heterocycles. The van der Waals surface area contributed by atoms with Gasteiger partial charge in [0.15, 0.2) is 0 Å². The van der Waals surface area contributed by atoms with Crippen LogP contribution in [0.1, 0.15) is 27.9 Å². The molecule has 26 heavy (non-hydrogen) atoms. The van der Waals surface area contributed by atoms with E-state index >= 15 is 0 Å². The smallest absolute Gasteiger partial charge is 0.255 e. The summed E-state index contributed by atoms with van der Waals surface area (Å²) in [7, 11) is -3.51. The normalized spacial score (nSPS) is 17.9. The SMILES string of the molecule is O=C(c1cccnc1)N1CCN(S(=O)(=O)c2ccc3c(c2)CCC3)CC1. The van der Waals surface area contributed by atoms with Crippen LogP contribution in [0.2, 0.25) is 0 Å². The average Bonchev–Trinajstić information content (AvgIpc) is 3.16. The second-order valence-corrected chi connectivity index (χ2v) is 8.66. The second-order valence-electron chi connectivity index (χ2n) is 6.72. The number of sulfonamides is 1. The van der Waals surface area contributed by atoms with Gasteiger partial charge in [-0.2, -0.15) is 4.31 Å². The zero-order valence-corrected chi connectivity index (χ0v) is 15.3. The number of hydrogen-bond acceptors (Lipinski definition) is 4. The number of amides is 1. The van der Waals surface area contributed by atoms with Gasteiger partial charge in [-0.05, 0) is 54.7 Å². The average molecular weight is 371 g/mol. The molecule has 1 fully saturated rings. The fourth-order valence-corrected chi connectivity index (χ4v) is 5.13. The van der Waals surface area contributed by atoms with E-state index in [-0.39, 0.29) is 5.91 Å².